The van der Waals surface area contributed by atoms with E-state index in [9.17, 15) is 9.59 Å². The normalized spacial score (nSPS) is 37.4. The Bertz CT molecular complexity index is 345. The van der Waals surface area contributed by atoms with Crippen LogP contribution in [0, 0.1) is 17.3 Å². The second kappa shape index (κ2) is 4.29. The van der Waals surface area contributed by atoms with Crippen LogP contribution in [0.25, 0.3) is 0 Å². The molecule has 0 radical (unpaired) electrons. The molecule has 17 heavy (non-hydrogen) atoms. The van der Waals surface area contributed by atoms with Crippen LogP contribution >= 0.6 is 0 Å². The van der Waals surface area contributed by atoms with Crippen molar-refractivity contribution in [3.63, 3.8) is 0 Å². The number of likely N-dealkylation sites (tertiary alicyclic amines) is 1. The summed E-state index contributed by atoms with van der Waals surface area (Å²) in [5.74, 6) is 0.311. The third kappa shape index (κ3) is 2.16. The number of nitrogens with two attached hydrogens (primary N) is 1. The molecule has 3 atom stereocenters. The minimum atomic E-state index is -0.537. The maximum atomic E-state index is 12.3. The lowest BCUT2D eigenvalue weighted by atomic mass is 9.89. The molecule has 0 aromatic heterocycles. The van der Waals surface area contributed by atoms with Gasteiger partial charge < -0.3 is 16.0 Å². The van der Waals surface area contributed by atoms with Crippen molar-refractivity contribution in [2.45, 2.75) is 20.3 Å². The zero-order valence-electron chi connectivity index (χ0n) is 10.5. The largest absolute Gasteiger partial charge is 0.369 e. The second-order valence-electron chi connectivity index (χ2n) is 5.68. The average molecular weight is 239 g/mol. The van der Waals surface area contributed by atoms with Gasteiger partial charge in [-0.3, -0.25) is 9.59 Å². The topological polar surface area (TPSA) is 75.4 Å². The maximum absolute atomic E-state index is 12.3. The van der Waals surface area contributed by atoms with E-state index in [-0.39, 0.29) is 17.7 Å². The van der Waals surface area contributed by atoms with Crippen LogP contribution in [0.4, 0.5) is 0 Å². The van der Waals surface area contributed by atoms with E-state index in [1.54, 1.807) is 4.90 Å². The first-order valence-corrected chi connectivity index (χ1v) is 6.23. The van der Waals surface area contributed by atoms with Crippen LogP contribution in [0.2, 0.25) is 0 Å². The summed E-state index contributed by atoms with van der Waals surface area (Å²) in [5.41, 5.74) is 4.85. The predicted octanol–water partition coefficient (Wildman–Crippen LogP) is -0.434. The summed E-state index contributed by atoms with van der Waals surface area (Å²) in [4.78, 5) is 25.5. The molecule has 0 spiro atoms. The van der Waals surface area contributed by atoms with Gasteiger partial charge in [0.15, 0.2) is 0 Å². The Balaban J connectivity index is 2.01. The summed E-state index contributed by atoms with van der Waals surface area (Å²) in [7, 11) is 0. The van der Waals surface area contributed by atoms with Crippen molar-refractivity contribution in [3.8, 4) is 0 Å². The van der Waals surface area contributed by atoms with Crippen molar-refractivity contribution in [2.75, 3.05) is 26.2 Å². The Hall–Kier alpha value is -1.10. The lowest BCUT2D eigenvalue weighted by molar-refractivity contribution is -0.135. The Morgan fingerprint density at radius 1 is 1.41 bits per heavy atom. The minimum Gasteiger partial charge on any atom is -0.369 e. The summed E-state index contributed by atoms with van der Waals surface area (Å²) < 4.78 is 0. The first-order chi connectivity index (χ1) is 7.94. The van der Waals surface area contributed by atoms with Gasteiger partial charge in [0, 0.05) is 19.6 Å². The molecule has 0 bridgehead atoms. The molecule has 2 fully saturated rings. The fourth-order valence-electron chi connectivity index (χ4n) is 2.73. The first-order valence-electron chi connectivity index (χ1n) is 6.23. The van der Waals surface area contributed by atoms with Gasteiger partial charge in [-0.15, -0.1) is 0 Å². The van der Waals surface area contributed by atoms with Gasteiger partial charge >= 0.3 is 0 Å². The molecule has 3 unspecified atom stereocenters. The molecule has 2 rings (SSSR count). The quantitative estimate of drug-likeness (QED) is 0.686. The monoisotopic (exact) mass is 239 g/mol. The van der Waals surface area contributed by atoms with E-state index in [4.69, 9.17) is 5.73 Å². The SMILES string of the molecule is CC1CNCC1C(=O)N1CCC(C)(C(N)=O)C1. The Labute approximate surface area is 102 Å². The second-order valence-corrected chi connectivity index (χ2v) is 5.68. The van der Waals surface area contributed by atoms with Gasteiger partial charge in [0.25, 0.3) is 0 Å². The lowest BCUT2D eigenvalue weighted by Gasteiger charge is -2.24. The zero-order chi connectivity index (χ0) is 12.6. The molecule has 2 aliphatic heterocycles. The molecular weight excluding hydrogens is 218 g/mol. The van der Waals surface area contributed by atoms with Crippen LogP contribution in [0.3, 0.4) is 0 Å². The van der Waals surface area contributed by atoms with Crippen LogP contribution in [0.1, 0.15) is 20.3 Å². The van der Waals surface area contributed by atoms with E-state index in [2.05, 4.69) is 12.2 Å². The number of carbonyl (C=O) groups is 2. The molecule has 0 aromatic carbocycles. The van der Waals surface area contributed by atoms with Gasteiger partial charge in [0.1, 0.15) is 0 Å². The highest BCUT2D eigenvalue weighted by atomic mass is 16.2. The zero-order valence-corrected chi connectivity index (χ0v) is 10.5. The molecule has 0 aliphatic carbocycles. The van der Waals surface area contributed by atoms with E-state index in [1.807, 2.05) is 6.92 Å². The van der Waals surface area contributed by atoms with Crippen LogP contribution in [0.5, 0.6) is 0 Å². The first kappa shape index (κ1) is 12.4. The number of hydrogen-bond donors (Lipinski definition) is 2. The highest BCUT2D eigenvalue weighted by Gasteiger charge is 2.43. The van der Waals surface area contributed by atoms with E-state index >= 15 is 0 Å². The number of rotatable bonds is 2. The average Bonchev–Trinajstić information content (AvgIpc) is 2.85. The summed E-state index contributed by atoms with van der Waals surface area (Å²) in [6.07, 6.45) is 0.683. The number of nitrogens with zero attached hydrogens (tertiary/aromatic N) is 1. The smallest absolute Gasteiger partial charge is 0.227 e. The Morgan fingerprint density at radius 3 is 2.59 bits per heavy atom. The predicted molar refractivity (Wildman–Crippen MR) is 64.0 cm³/mol. The highest BCUT2D eigenvalue weighted by molar-refractivity contribution is 5.84. The molecule has 96 valence electrons. The van der Waals surface area contributed by atoms with Gasteiger partial charge in [0.05, 0.1) is 11.3 Å². The van der Waals surface area contributed by atoms with Crippen LogP contribution in [0.15, 0.2) is 0 Å². The van der Waals surface area contributed by atoms with Crippen LogP contribution in [-0.4, -0.2) is 42.9 Å². The lowest BCUT2D eigenvalue weighted by Crippen LogP contribution is -2.41. The number of carbonyl (C=O) groups excluding carboxylic acids is 2. The third-order valence-corrected chi connectivity index (χ3v) is 4.21. The summed E-state index contributed by atoms with van der Waals surface area (Å²) in [5, 5.41) is 3.23. The van der Waals surface area contributed by atoms with Crippen molar-refractivity contribution < 1.29 is 9.59 Å². The summed E-state index contributed by atoms with van der Waals surface area (Å²) >= 11 is 0. The standard InChI is InChI=1S/C12H21N3O2/c1-8-5-14-6-9(8)10(16)15-4-3-12(2,7-15)11(13)17/h8-9,14H,3-7H2,1-2H3,(H2,13,17). The van der Waals surface area contributed by atoms with Gasteiger partial charge in [-0.05, 0) is 25.8 Å². The number of primary amides is 1. The fourth-order valence-corrected chi connectivity index (χ4v) is 2.73. The van der Waals surface area contributed by atoms with Crippen molar-refractivity contribution in [3.05, 3.63) is 0 Å². The summed E-state index contributed by atoms with van der Waals surface area (Å²) in [6.45, 7) is 6.72. The Morgan fingerprint density at radius 2 is 2.12 bits per heavy atom. The van der Waals surface area contributed by atoms with Crippen molar-refractivity contribution >= 4 is 11.8 Å². The minimum absolute atomic E-state index is 0.0604. The van der Waals surface area contributed by atoms with Crippen molar-refractivity contribution in [2.24, 2.45) is 23.0 Å². The van der Waals surface area contributed by atoms with Gasteiger partial charge in [-0.25, -0.2) is 0 Å². The summed E-state index contributed by atoms with van der Waals surface area (Å²) in [6, 6.07) is 0. The molecule has 2 saturated heterocycles. The third-order valence-electron chi connectivity index (χ3n) is 4.21. The van der Waals surface area contributed by atoms with E-state index < -0.39 is 5.41 Å². The number of amides is 2. The molecule has 0 saturated carbocycles. The fraction of sp³-hybridized carbons (Fsp3) is 0.833. The van der Waals surface area contributed by atoms with Gasteiger partial charge in [0.2, 0.25) is 11.8 Å². The Kier molecular flexibility index (Phi) is 3.12. The molecule has 2 aliphatic rings. The van der Waals surface area contributed by atoms with Crippen LogP contribution in [-0.2, 0) is 9.59 Å². The van der Waals surface area contributed by atoms with E-state index in [0.717, 1.165) is 13.1 Å². The van der Waals surface area contributed by atoms with Crippen molar-refractivity contribution in [1.82, 2.24) is 10.2 Å². The van der Waals surface area contributed by atoms with E-state index in [0.29, 0.717) is 25.4 Å². The van der Waals surface area contributed by atoms with Gasteiger partial charge in [-0.1, -0.05) is 6.92 Å². The highest BCUT2D eigenvalue weighted by Crippen LogP contribution is 2.31. The number of nitrogens with one attached hydrogen (secondary N) is 1. The molecule has 2 amide bonds. The molecule has 0 aromatic rings. The molecule has 5 heteroatoms. The maximum Gasteiger partial charge on any atom is 0.227 e. The molecule has 5 nitrogen and oxygen atoms in total. The van der Waals surface area contributed by atoms with E-state index in [1.165, 1.54) is 0 Å². The number of hydrogen-bond acceptors (Lipinski definition) is 3. The molecular formula is C12H21N3O2. The molecule has 2 heterocycles. The molecule has 3 N–H and O–H groups in total. The van der Waals surface area contributed by atoms with Gasteiger partial charge in [-0.2, -0.15) is 0 Å². The van der Waals surface area contributed by atoms with Crippen molar-refractivity contribution in [1.29, 1.82) is 0 Å². The van der Waals surface area contributed by atoms with Crippen LogP contribution < -0.4 is 11.1 Å².